The third-order valence-corrected chi connectivity index (χ3v) is 2.82. The zero-order valence-electron chi connectivity index (χ0n) is 12.2. The first-order valence-electron chi connectivity index (χ1n) is 6.04. The quantitative estimate of drug-likeness (QED) is 0.231. The van der Waals surface area contributed by atoms with Crippen LogP contribution in [0.15, 0.2) is 60.7 Å². The molecule has 2 rings (SSSR count). The van der Waals surface area contributed by atoms with Crippen molar-refractivity contribution in [3.8, 4) is 0 Å². The Morgan fingerprint density at radius 1 is 0.800 bits per heavy atom. The maximum atomic E-state index is 10.4. The SMILES string of the molecule is [Li+].[Li+].[O-]COCC[C-](c1ccccc1)c1ccccc1. The minimum atomic E-state index is -0.475. The van der Waals surface area contributed by atoms with Crippen molar-refractivity contribution < 1.29 is 47.6 Å². The molecule has 4 heteroatoms. The normalized spacial score (nSPS) is 9.25. The van der Waals surface area contributed by atoms with Gasteiger partial charge in [-0.25, -0.2) is 0 Å². The van der Waals surface area contributed by atoms with Crippen LogP contribution in [0.25, 0.3) is 0 Å². The predicted octanol–water partition coefficient (Wildman–Crippen LogP) is -3.61. The molecule has 2 nitrogen and oxygen atoms in total. The van der Waals surface area contributed by atoms with Crippen molar-refractivity contribution in [2.24, 2.45) is 0 Å². The Morgan fingerprint density at radius 2 is 1.25 bits per heavy atom. The molecular formula is C16H16Li2O2. The van der Waals surface area contributed by atoms with Gasteiger partial charge in [0.25, 0.3) is 0 Å². The van der Waals surface area contributed by atoms with Crippen molar-refractivity contribution in [2.75, 3.05) is 13.4 Å². The Bertz CT molecular complexity index is 409. The van der Waals surface area contributed by atoms with Gasteiger partial charge in [-0.05, 0) is 13.2 Å². The summed E-state index contributed by atoms with van der Waals surface area (Å²) in [4.78, 5) is 0. The average Bonchev–Trinajstić information content (AvgIpc) is 2.46. The molecule has 0 radical (unpaired) electrons. The number of hydrogen-bond donors (Lipinski definition) is 0. The Morgan fingerprint density at radius 3 is 1.65 bits per heavy atom. The first kappa shape index (κ1) is 19.4. The molecule has 0 fully saturated rings. The second-order valence-corrected chi connectivity index (χ2v) is 3.99. The second-order valence-electron chi connectivity index (χ2n) is 3.99. The molecule has 2 aromatic carbocycles. The summed E-state index contributed by atoms with van der Waals surface area (Å²) in [5, 5.41) is 10.4. The molecule has 94 valence electrons. The summed E-state index contributed by atoms with van der Waals surface area (Å²) in [6.45, 7) is -0.0144. The van der Waals surface area contributed by atoms with E-state index in [1.54, 1.807) is 0 Å². The van der Waals surface area contributed by atoms with Crippen LogP contribution < -0.4 is 42.8 Å². The summed E-state index contributed by atoms with van der Waals surface area (Å²) in [5.74, 6) is 1.21. The van der Waals surface area contributed by atoms with Gasteiger partial charge in [-0.1, -0.05) is 36.4 Å². The van der Waals surface area contributed by atoms with Gasteiger partial charge in [-0.2, -0.15) is 0 Å². The van der Waals surface area contributed by atoms with E-state index in [0.29, 0.717) is 6.61 Å². The van der Waals surface area contributed by atoms with Gasteiger partial charge in [0.05, 0.1) is 0 Å². The van der Waals surface area contributed by atoms with E-state index in [-0.39, 0.29) is 37.7 Å². The maximum Gasteiger partial charge on any atom is 1.00 e. The summed E-state index contributed by atoms with van der Waals surface area (Å²) in [6, 6.07) is 20.4. The van der Waals surface area contributed by atoms with Crippen LogP contribution in [0.3, 0.4) is 0 Å². The van der Waals surface area contributed by atoms with Crippen LogP contribution in [0.2, 0.25) is 0 Å². The molecule has 0 saturated heterocycles. The zero-order chi connectivity index (χ0) is 12.6. The van der Waals surface area contributed by atoms with Gasteiger partial charge in [0, 0.05) is 6.61 Å². The standard InChI is InChI=1S/C16H16O2.2Li/c17-13-18-12-11-16(14-7-3-1-4-8-14)15-9-5-2-6-10-15;;/h1-10H,11-13H2;;/q-2;2*+1. The molecule has 0 atom stereocenters. The molecule has 0 amide bonds. The largest absolute Gasteiger partial charge is 1.00 e. The summed E-state index contributed by atoms with van der Waals surface area (Å²) in [6.07, 6.45) is 0.746. The zero-order valence-corrected chi connectivity index (χ0v) is 12.2. The minimum Gasteiger partial charge on any atom is -0.834 e. The topological polar surface area (TPSA) is 32.3 Å². The van der Waals surface area contributed by atoms with Gasteiger partial charge in [0.15, 0.2) is 0 Å². The molecule has 0 spiro atoms. The van der Waals surface area contributed by atoms with Crippen LogP contribution in [0.5, 0.6) is 0 Å². The molecule has 0 unspecified atom stereocenters. The summed E-state index contributed by atoms with van der Waals surface area (Å²) in [5.41, 5.74) is 2.36. The Hall–Kier alpha value is -0.575. The Balaban J connectivity index is 0.00000180. The fraction of sp³-hybridized carbons (Fsp3) is 0.188. The van der Waals surface area contributed by atoms with Gasteiger partial charge >= 0.3 is 37.7 Å². The van der Waals surface area contributed by atoms with Crippen molar-refractivity contribution in [1.82, 2.24) is 0 Å². The molecule has 0 aliphatic rings. The van der Waals surface area contributed by atoms with Gasteiger partial charge in [0.1, 0.15) is 0 Å². The summed E-state index contributed by atoms with van der Waals surface area (Å²) in [7, 11) is 0. The van der Waals surface area contributed by atoms with Crippen LogP contribution in [0, 0.1) is 5.92 Å². The fourth-order valence-electron chi connectivity index (χ4n) is 1.97. The van der Waals surface area contributed by atoms with E-state index in [1.807, 2.05) is 36.4 Å². The van der Waals surface area contributed by atoms with E-state index in [4.69, 9.17) is 4.74 Å². The first-order valence-corrected chi connectivity index (χ1v) is 6.04. The van der Waals surface area contributed by atoms with Crippen LogP contribution in [0.1, 0.15) is 17.5 Å². The molecule has 0 bridgehead atoms. The number of rotatable bonds is 6. The monoisotopic (exact) mass is 254 g/mol. The van der Waals surface area contributed by atoms with E-state index in [0.717, 1.165) is 6.42 Å². The van der Waals surface area contributed by atoms with Crippen molar-refractivity contribution in [2.45, 2.75) is 6.42 Å². The molecule has 0 heterocycles. The number of ether oxygens (including phenoxy) is 1. The molecule has 0 saturated carbocycles. The van der Waals surface area contributed by atoms with E-state index in [9.17, 15) is 5.11 Å². The van der Waals surface area contributed by atoms with E-state index >= 15 is 0 Å². The number of hydrogen-bond acceptors (Lipinski definition) is 2. The Labute approximate surface area is 144 Å². The summed E-state index contributed by atoms with van der Waals surface area (Å²) < 4.78 is 4.93. The van der Waals surface area contributed by atoms with Crippen molar-refractivity contribution in [1.29, 1.82) is 0 Å². The van der Waals surface area contributed by atoms with Crippen LogP contribution in [0.4, 0.5) is 0 Å². The maximum absolute atomic E-state index is 10.4. The van der Waals surface area contributed by atoms with E-state index in [1.165, 1.54) is 17.0 Å². The third kappa shape index (κ3) is 5.82. The first-order chi connectivity index (χ1) is 8.92. The van der Waals surface area contributed by atoms with Crippen molar-refractivity contribution in [3.63, 3.8) is 0 Å². The van der Waals surface area contributed by atoms with Crippen LogP contribution in [-0.2, 0) is 4.74 Å². The summed E-state index contributed by atoms with van der Waals surface area (Å²) >= 11 is 0. The molecule has 0 N–H and O–H groups in total. The average molecular weight is 254 g/mol. The van der Waals surface area contributed by atoms with Crippen LogP contribution >= 0.6 is 0 Å². The van der Waals surface area contributed by atoms with Crippen molar-refractivity contribution >= 4 is 0 Å². The molecule has 2 aromatic rings. The van der Waals surface area contributed by atoms with E-state index in [2.05, 4.69) is 24.3 Å². The van der Waals surface area contributed by atoms with Gasteiger partial charge < -0.3 is 9.84 Å². The van der Waals surface area contributed by atoms with Crippen LogP contribution in [-0.4, -0.2) is 13.4 Å². The fourth-order valence-corrected chi connectivity index (χ4v) is 1.97. The predicted molar refractivity (Wildman–Crippen MR) is 69.8 cm³/mol. The van der Waals surface area contributed by atoms with E-state index < -0.39 is 6.79 Å². The van der Waals surface area contributed by atoms with Gasteiger partial charge in [-0.3, -0.25) is 0 Å². The molecular weight excluding hydrogens is 238 g/mol. The van der Waals surface area contributed by atoms with Gasteiger partial charge in [0.2, 0.25) is 0 Å². The third-order valence-electron chi connectivity index (χ3n) is 2.82. The minimum absolute atomic E-state index is 0. The number of benzene rings is 2. The van der Waals surface area contributed by atoms with Gasteiger partial charge in [-0.15, -0.1) is 41.3 Å². The molecule has 0 aliphatic carbocycles. The molecule has 0 aromatic heterocycles. The smallest absolute Gasteiger partial charge is 0.834 e. The second kappa shape index (κ2) is 11.1. The molecule has 20 heavy (non-hydrogen) atoms. The Kier molecular flexibility index (Phi) is 10.8. The van der Waals surface area contributed by atoms with Crippen molar-refractivity contribution in [3.05, 3.63) is 77.7 Å². The molecule has 0 aliphatic heterocycles.